The predicted octanol–water partition coefficient (Wildman–Crippen LogP) is 4.31. The summed E-state index contributed by atoms with van der Waals surface area (Å²) in [7, 11) is 0. The number of nitrogens with one attached hydrogen (secondary N) is 1. The van der Waals surface area contributed by atoms with Gasteiger partial charge in [-0.25, -0.2) is 9.97 Å². The number of piperazine rings is 1. The number of halogens is 2. The molecular formula is C22H18Cl2N6O. The van der Waals surface area contributed by atoms with Gasteiger partial charge in [-0.15, -0.1) is 0 Å². The van der Waals surface area contributed by atoms with Crippen LogP contribution >= 0.6 is 23.2 Å². The van der Waals surface area contributed by atoms with Crippen molar-refractivity contribution < 1.29 is 4.79 Å². The number of carbonyl (C=O) groups is 1. The second-order valence-electron chi connectivity index (χ2n) is 7.35. The molecule has 1 fully saturated rings. The fourth-order valence-electron chi connectivity index (χ4n) is 4.02. The van der Waals surface area contributed by atoms with Crippen molar-refractivity contribution in [2.75, 3.05) is 31.1 Å². The number of aromatic amines is 1. The molecule has 0 unspecified atom stereocenters. The first-order valence-corrected chi connectivity index (χ1v) is 10.5. The number of amides is 1. The van der Waals surface area contributed by atoms with E-state index in [-0.39, 0.29) is 5.91 Å². The summed E-state index contributed by atoms with van der Waals surface area (Å²) < 4.78 is 0. The van der Waals surface area contributed by atoms with E-state index in [1.807, 2.05) is 24.3 Å². The van der Waals surface area contributed by atoms with Crippen LogP contribution in [0.15, 0.2) is 49.4 Å². The van der Waals surface area contributed by atoms with E-state index in [0.717, 1.165) is 38.8 Å². The predicted molar refractivity (Wildman–Crippen MR) is 124 cm³/mol. The molecule has 1 amide bonds. The van der Waals surface area contributed by atoms with Crippen molar-refractivity contribution in [2.45, 2.75) is 0 Å². The average Bonchev–Trinajstić information content (AvgIpc) is 3.26. The summed E-state index contributed by atoms with van der Waals surface area (Å²) >= 11 is 13.1. The summed E-state index contributed by atoms with van der Waals surface area (Å²) in [6.45, 7) is 6.14. The third-order valence-electron chi connectivity index (χ3n) is 5.57. The molecule has 3 heterocycles. The van der Waals surface area contributed by atoms with Crippen LogP contribution in [-0.2, 0) is 4.79 Å². The van der Waals surface area contributed by atoms with E-state index in [0.29, 0.717) is 36.2 Å². The minimum absolute atomic E-state index is 0.0495. The molecule has 1 saturated heterocycles. The normalized spacial score (nSPS) is 14.4. The summed E-state index contributed by atoms with van der Waals surface area (Å²) in [6, 6.07) is 7.57. The van der Waals surface area contributed by atoms with Crippen LogP contribution in [0.3, 0.4) is 0 Å². The van der Waals surface area contributed by atoms with Crippen LogP contribution in [0.5, 0.6) is 0 Å². The van der Waals surface area contributed by atoms with Crippen LogP contribution < -0.4 is 4.90 Å². The van der Waals surface area contributed by atoms with E-state index >= 15 is 0 Å². The Morgan fingerprint density at radius 3 is 2.65 bits per heavy atom. The van der Waals surface area contributed by atoms with Gasteiger partial charge in [0, 0.05) is 58.1 Å². The maximum atomic E-state index is 11.9. The van der Waals surface area contributed by atoms with Gasteiger partial charge in [-0.1, -0.05) is 29.8 Å². The Kier molecular flexibility index (Phi) is 5.00. The third-order valence-corrected chi connectivity index (χ3v) is 6.10. The minimum atomic E-state index is -0.0495. The van der Waals surface area contributed by atoms with Gasteiger partial charge in [0.15, 0.2) is 0 Å². The van der Waals surface area contributed by atoms with Crippen LogP contribution in [0.2, 0.25) is 10.0 Å². The minimum Gasteiger partial charge on any atom is -0.352 e. The lowest BCUT2D eigenvalue weighted by Crippen LogP contribution is -2.48. The molecule has 0 aliphatic carbocycles. The average molecular weight is 453 g/mol. The van der Waals surface area contributed by atoms with E-state index in [4.69, 9.17) is 23.2 Å². The first kappa shape index (κ1) is 19.8. The Hall–Kier alpha value is -3.16. The van der Waals surface area contributed by atoms with Gasteiger partial charge in [0.05, 0.1) is 17.2 Å². The SMILES string of the molecule is C=CC(=O)N1CCN(c2ncnc3cc(-c4cc(Cl)cc5cn[nH]c45)c(Cl)cc23)CC1. The number of hydrogen-bond acceptors (Lipinski definition) is 5. The molecule has 1 N–H and O–H groups in total. The summed E-state index contributed by atoms with van der Waals surface area (Å²) in [5.74, 6) is 0.758. The summed E-state index contributed by atoms with van der Waals surface area (Å²) in [4.78, 5) is 24.8. The first-order chi connectivity index (χ1) is 15.0. The van der Waals surface area contributed by atoms with Gasteiger partial charge < -0.3 is 9.80 Å². The Bertz CT molecular complexity index is 1330. The number of hydrogen-bond donors (Lipinski definition) is 1. The highest BCUT2D eigenvalue weighted by Crippen LogP contribution is 2.38. The molecule has 2 aromatic heterocycles. The lowest BCUT2D eigenvalue weighted by molar-refractivity contribution is -0.126. The molecule has 7 nitrogen and oxygen atoms in total. The van der Waals surface area contributed by atoms with Gasteiger partial charge in [0.1, 0.15) is 12.1 Å². The molecular weight excluding hydrogens is 435 g/mol. The topological polar surface area (TPSA) is 78.0 Å². The van der Waals surface area contributed by atoms with E-state index in [1.165, 1.54) is 6.08 Å². The lowest BCUT2D eigenvalue weighted by Gasteiger charge is -2.35. The zero-order valence-electron chi connectivity index (χ0n) is 16.5. The molecule has 0 bridgehead atoms. The van der Waals surface area contributed by atoms with Crippen LogP contribution in [0, 0.1) is 0 Å². The second kappa shape index (κ2) is 7.83. The molecule has 0 saturated carbocycles. The van der Waals surface area contributed by atoms with Gasteiger partial charge in [-0.05, 0) is 30.3 Å². The zero-order chi connectivity index (χ0) is 21.5. The lowest BCUT2D eigenvalue weighted by atomic mass is 10.0. The zero-order valence-corrected chi connectivity index (χ0v) is 18.0. The molecule has 0 spiro atoms. The van der Waals surface area contributed by atoms with Crippen molar-refractivity contribution in [2.24, 2.45) is 0 Å². The van der Waals surface area contributed by atoms with E-state index < -0.39 is 0 Å². The van der Waals surface area contributed by atoms with Crippen molar-refractivity contribution in [1.82, 2.24) is 25.1 Å². The largest absolute Gasteiger partial charge is 0.352 e. The van der Waals surface area contributed by atoms with E-state index in [2.05, 4.69) is 31.6 Å². The first-order valence-electron chi connectivity index (χ1n) is 9.78. The number of aromatic nitrogens is 4. The molecule has 2 aromatic carbocycles. The second-order valence-corrected chi connectivity index (χ2v) is 8.19. The van der Waals surface area contributed by atoms with E-state index in [1.54, 1.807) is 17.4 Å². The van der Waals surface area contributed by atoms with Gasteiger partial charge in [0.2, 0.25) is 5.91 Å². The van der Waals surface area contributed by atoms with Gasteiger partial charge in [-0.3, -0.25) is 9.89 Å². The van der Waals surface area contributed by atoms with Gasteiger partial charge in [-0.2, -0.15) is 5.10 Å². The maximum absolute atomic E-state index is 11.9. The number of anilines is 1. The number of benzene rings is 2. The highest BCUT2D eigenvalue weighted by atomic mass is 35.5. The quantitative estimate of drug-likeness (QED) is 0.468. The van der Waals surface area contributed by atoms with Crippen molar-refractivity contribution >= 4 is 56.7 Å². The van der Waals surface area contributed by atoms with Crippen molar-refractivity contribution in [3.8, 4) is 11.1 Å². The highest BCUT2D eigenvalue weighted by Gasteiger charge is 2.22. The fourth-order valence-corrected chi connectivity index (χ4v) is 4.51. The van der Waals surface area contributed by atoms with Crippen LogP contribution in [0.4, 0.5) is 5.82 Å². The van der Waals surface area contributed by atoms with Crippen molar-refractivity contribution in [3.63, 3.8) is 0 Å². The number of fused-ring (bicyclic) bond motifs is 2. The maximum Gasteiger partial charge on any atom is 0.246 e. The Balaban J connectivity index is 1.56. The molecule has 5 rings (SSSR count). The number of H-pyrrole nitrogens is 1. The molecule has 31 heavy (non-hydrogen) atoms. The molecule has 156 valence electrons. The van der Waals surface area contributed by atoms with Crippen molar-refractivity contribution in [3.05, 3.63) is 59.5 Å². The molecule has 1 aliphatic rings. The number of rotatable bonds is 3. The van der Waals surface area contributed by atoms with Gasteiger partial charge in [0.25, 0.3) is 0 Å². The van der Waals surface area contributed by atoms with Gasteiger partial charge >= 0.3 is 0 Å². The Labute approximate surface area is 188 Å². The molecule has 0 atom stereocenters. The van der Waals surface area contributed by atoms with Crippen LogP contribution in [0.1, 0.15) is 0 Å². The Morgan fingerprint density at radius 1 is 1.06 bits per heavy atom. The molecule has 1 aliphatic heterocycles. The Morgan fingerprint density at radius 2 is 1.87 bits per heavy atom. The fraction of sp³-hybridized carbons (Fsp3) is 0.182. The molecule has 4 aromatic rings. The third kappa shape index (κ3) is 3.49. The summed E-state index contributed by atoms with van der Waals surface area (Å²) in [5, 5.41) is 10.1. The van der Waals surface area contributed by atoms with Crippen LogP contribution in [-0.4, -0.2) is 57.2 Å². The van der Waals surface area contributed by atoms with E-state index in [9.17, 15) is 4.79 Å². The van der Waals surface area contributed by atoms with Crippen LogP contribution in [0.25, 0.3) is 32.9 Å². The standard InChI is InChI=1S/C22H18Cl2N6O/c1-2-20(31)29-3-5-30(6-4-29)22-17-9-18(24)15(10-19(17)25-12-26-22)16-8-14(23)7-13-11-27-28-21(13)16/h2,7-12H,1,3-6H2,(H,27,28). The number of carbonyl (C=O) groups excluding carboxylic acids is 1. The summed E-state index contributed by atoms with van der Waals surface area (Å²) in [6.07, 6.45) is 4.64. The molecule has 0 radical (unpaired) electrons. The van der Waals surface area contributed by atoms with Crippen molar-refractivity contribution in [1.29, 1.82) is 0 Å². The molecule has 9 heteroatoms. The smallest absolute Gasteiger partial charge is 0.246 e. The highest BCUT2D eigenvalue weighted by molar-refractivity contribution is 6.35. The summed E-state index contributed by atoms with van der Waals surface area (Å²) in [5.41, 5.74) is 3.32. The number of nitrogens with zero attached hydrogens (tertiary/aromatic N) is 5. The monoisotopic (exact) mass is 452 g/mol.